The second-order valence-corrected chi connectivity index (χ2v) is 20.7. The second kappa shape index (κ2) is 54.2. The molecule has 1 saturated heterocycles. The van der Waals surface area contributed by atoms with Gasteiger partial charge in [-0.05, 0) is 96.3 Å². The van der Waals surface area contributed by atoms with Crippen LogP contribution in [0, 0.1) is 0 Å². The maximum atomic E-state index is 13.1. The highest BCUT2D eigenvalue weighted by Gasteiger charge is 2.44. The first-order valence-corrected chi connectivity index (χ1v) is 30.6. The predicted octanol–water partition coefficient (Wildman–Crippen LogP) is 15.7. The maximum Gasteiger partial charge on any atom is 0.220 e. The molecule has 0 saturated carbocycles. The highest BCUT2D eigenvalue weighted by atomic mass is 16.7. The Balaban J connectivity index is 2.25. The zero-order valence-corrected chi connectivity index (χ0v) is 47.8. The Bertz CT molecular complexity index is 1540. The number of amides is 1. The van der Waals surface area contributed by atoms with Gasteiger partial charge in [0, 0.05) is 6.42 Å². The summed E-state index contributed by atoms with van der Waals surface area (Å²) in [7, 11) is 0. The molecule has 0 spiro atoms. The van der Waals surface area contributed by atoms with Crippen molar-refractivity contribution in [1.29, 1.82) is 0 Å². The molecular weight excluding hydrogens is 935 g/mol. The monoisotopic (exact) mass is 1050 g/mol. The zero-order chi connectivity index (χ0) is 54.3. The standard InChI is InChI=1S/C66H113NO8/c1-3-5-7-9-11-13-15-17-19-21-23-25-27-28-29-30-31-32-34-36-38-40-42-44-46-48-50-52-54-56-62(70)67-59(58-74-66-65(73)64(72)63(71)61(57-68)75-66)60(69)55-53-51-49-47-45-43-41-39-37-35-33-26-24-22-20-18-16-14-12-10-8-6-4-2/h5,7,11,13,17,19,23,25,28-29,31-32,37,39,45,47,53,55,59-61,63-66,68-69,71-73H,3-4,6,8-10,12,14-16,18,20-22,24,26-27,30,33-36,38,40-44,46,48-52,54,56-58H2,1-2H3,(H,67,70)/b7-5-,13-11-,19-17-,25-23-,29-28-,32-31-,39-37+,47-45+,55-53+. The quantitative estimate of drug-likeness (QED) is 0.0261. The van der Waals surface area contributed by atoms with Crippen LogP contribution in [0.2, 0.25) is 0 Å². The van der Waals surface area contributed by atoms with Gasteiger partial charge in [0.2, 0.25) is 5.91 Å². The van der Waals surface area contributed by atoms with E-state index in [2.05, 4.69) is 116 Å². The van der Waals surface area contributed by atoms with E-state index in [4.69, 9.17) is 9.47 Å². The van der Waals surface area contributed by atoms with Crippen LogP contribution < -0.4 is 5.32 Å². The first-order valence-electron chi connectivity index (χ1n) is 30.6. The number of hydrogen-bond donors (Lipinski definition) is 6. The highest BCUT2D eigenvalue weighted by molar-refractivity contribution is 5.76. The summed E-state index contributed by atoms with van der Waals surface area (Å²) in [6.45, 7) is 3.65. The van der Waals surface area contributed by atoms with Gasteiger partial charge in [-0.3, -0.25) is 4.79 Å². The van der Waals surface area contributed by atoms with Gasteiger partial charge in [0.15, 0.2) is 6.29 Å². The van der Waals surface area contributed by atoms with E-state index in [1.54, 1.807) is 6.08 Å². The number of rotatable bonds is 51. The zero-order valence-electron chi connectivity index (χ0n) is 47.8. The Labute approximate surface area is 459 Å². The molecule has 0 aromatic carbocycles. The number of aliphatic hydroxyl groups excluding tert-OH is 5. The molecule has 6 N–H and O–H groups in total. The first kappa shape index (κ1) is 69.9. The maximum absolute atomic E-state index is 13.1. The molecule has 9 heteroatoms. The summed E-state index contributed by atoms with van der Waals surface area (Å²) in [5.41, 5.74) is 0. The minimum Gasteiger partial charge on any atom is -0.394 e. The minimum absolute atomic E-state index is 0.199. The molecule has 0 aromatic heterocycles. The Morgan fingerprint density at radius 3 is 1.28 bits per heavy atom. The number of carbonyl (C=O) groups is 1. The van der Waals surface area contributed by atoms with E-state index in [1.807, 2.05) is 6.08 Å². The van der Waals surface area contributed by atoms with Crippen LogP contribution in [-0.4, -0.2) is 87.5 Å². The van der Waals surface area contributed by atoms with E-state index in [0.29, 0.717) is 6.42 Å². The average Bonchev–Trinajstić information content (AvgIpc) is 3.41. The summed E-state index contributed by atoms with van der Waals surface area (Å²) in [6, 6.07) is -0.839. The van der Waals surface area contributed by atoms with Crippen molar-refractivity contribution in [2.45, 2.75) is 288 Å². The van der Waals surface area contributed by atoms with Gasteiger partial charge in [0.1, 0.15) is 24.4 Å². The van der Waals surface area contributed by atoms with E-state index in [1.165, 1.54) is 128 Å². The second-order valence-electron chi connectivity index (χ2n) is 20.7. The van der Waals surface area contributed by atoms with Crippen LogP contribution in [0.3, 0.4) is 0 Å². The molecule has 1 fully saturated rings. The van der Waals surface area contributed by atoms with Crippen molar-refractivity contribution >= 4 is 5.91 Å². The summed E-state index contributed by atoms with van der Waals surface area (Å²) in [6.07, 6.45) is 73.0. The molecule has 430 valence electrons. The van der Waals surface area contributed by atoms with Crippen LogP contribution in [-0.2, 0) is 14.3 Å². The molecule has 0 radical (unpaired) electrons. The van der Waals surface area contributed by atoms with Crippen LogP contribution >= 0.6 is 0 Å². The molecule has 0 bridgehead atoms. The molecule has 75 heavy (non-hydrogen) atoms. The number of nitrogens with one attached hydrogen (secondary N) is 1. The third-order valence-corrected chi connectivity index (χ3v) is 13.8. The molecule has 1 heterocycles. The normalized spacial score (nSPS) is 19.7. The van der Waals surface area contributed by atoms with Gasteiger partial charge in [-0.25, -0.2) is 0 Å². The summed E-state index contributed by atoms with van der Waals surface area (Å²) in [4.78, 5) is 13.1. The molecule has 7 unspecified atom stereocenters. The first-order chi connectivity index (χ1) is 36.8. The minimum atomic E-state index is -1.58. The fraction of sp³-hybridized carbons (Fsp3) is 0.712. The van der Waals surface area contributed by atoms with Gasteiger partial charge in [0.05, 0.1) is 25.4 Å². The van der Waals surface area contributed by atoms with Crippen molar-refractivity contribution in [2.75, 3.05) is 13.2 Å². The van der Waals surface area contributed by atoms with Crippen molar-refractivity contribution < 1.29 is 39.8 Å². The predicted molar refractivity (Wildman–Crippen MR) is 317 cm³/mol. The number of carbonyl (C=O) groups excluding carboxylic acids is 1. The third kappa shape index (κ3) is 43.5. The molecule has 9 nitrogen and oxygen atoms in total. The molecule has 1 rings (SSSR count). The van der Waals surface area contributed by atoms with Crippen molar-refractivity contribution in [1.82, 2.24) is 5.32 Å². The fourth-order valence-corrected chi connectivity index (χ4v) is 9.02. The molecular formula is C66H113NO8. The Hall–Kier alpha value is -3.15. The highest BCUT2D eigenvalue weighted by Crippen LogP contribution is 2.23. The lowest BCUT2D eigenvalue weighted by Gasteiger charge is -2.40. The topological polar surface area (TPSA) is 149 Å². The van der Waals surface area contributed by atoms with Crippen LogP contribution in [0.5, 0.6) is 0 Å². The van der Waals surface area contributed by atoms with Crippen LogP contribution in [0.1, 0.15) is 245 Å². The van der Waals surface area contributed by atoms with Gasteiger partial charge in [-0.15, -0.1) is 0 Å². The largest absolute Gasteiger partial charge is 0.394 e. The lowest BCUT2D eigenvalue weighted by Crippen LogP contribution is -2.60. The van der Waals surface area contributed by atoms with Gasteiger partial charge in [-0.2, -0.15) is 0 Å². The molecule has 1 amide bonds. The lowest BCUT2D eigenvalue weighted by molar-refractivity contribution is -0.302. The van der Waals surface area contributed by atoms with Crippen LogP contribution in [0.4, 0.5) is 0 Å². The summed E-state index contributed by atoms with van der Waals surface area (Å²) in [5.74, 6) is -0.199. The lowest BCUT2D eigenvalue weighted by atomic mass is 9.99. The Kier molecular flexibility index (Phi) is 50.5. The number of allylic oxidation sites excluding steroid dienone is 17. The smallest absolute Gasteiger partial charge is 0.220 e. The van der Waals surface area contributed by atoms with Gasteiger partial charge in [-0.1, -0.05) is 252 Å². The van der Waals surface area contributed by atoms with E-state index in [0.717, 1.165) is 96.3 Å². The molecule has 7 atom stereocenters. The van der Waals surface area contributed by atoms with Crippen LogP contribution in [0.15, 0.2) is 109 Å². The summed E-state index contributed by atoms with van der Waals surface area (Å²) in [5, 5.41) is 54.6. The van der Waals surface area contributed by atoms with Crippen LogP contribution in [0.25, 0.3) is 0 Å². The van der Waals surface area contributed by atoms with Gasteiger partial charge < -0.3 is 40.3 Å². The fourth-order valence-electron chi connectivity index (χ4n) is 9.02. The molecule has 0 aromatic rings. The molecule has 1 aliphatic heterocycles. The number of hydrogen-bond acceptors (Lipinski definition) is 8. The average molecular weight is 1050 g/mol. The Morgan fingerprint density at radius 2 is 0.840 bits per heavy atom. The SMILES string of the molecule is CC/C=C\C/C=C\C/C=C\C/C=C\C/C=C\C/C=C\CCCCCCCCCCCCC(=O)NC(COC1OC(CO)C(O)C(O)C1O)C(O)/C=C/CC/C=C/CC/C=C/CCCCCCCCCCCCCCC. The van der Waals surface area contributed by atoms with E-state index < -0.39 is 49.5 Å². The number of aliphatic hydroxyl groups is 5. The number of ether oxygens (including phenoxy) is 2. The van der Waals surface area contributed by atoms with Crippen molar-refractivity contribution in [3.05, 3.63) is 109 Å². The van der Waals surface area contributed by atoms with Crippen molar-refractivity contribution in [3.63, 3.8) is 0 Å². The summed E-state index contributed by atoms with van der Waals surface area (Å²) < 4.78 is 11.3. The van der Waals surface area contributed by atoms with E-state index in [9.17, 15) is 30.3 Å². The van der Waals surface area contributed by atoms with E-state index >= 15 is 0 Å². The van der Waals surface area contributed by atoms with E-state index in [-0.39, 0.29) is 12.5 Å². The molecule has 0 aliphatic carbocycles. The summed E-state index contributed by atoms with van der Waals surface area (Å²) >= 11 is 0. The molecule has 1 aliphatic rings. The van der Waals surface area contributed by atoms with Crippen molar-refractivity contribution in [3.8, 4) is 0 Å². The van der Waals surface area contributed by atoms with Gasteiger partial charge >= 0.3 is 0 Å². The van der Waals surface area contributed by atoms with Gasteiger partial charge in [0.25, 0.3) is 0 Å². The number of unbranched alkanes of at least 4 members (excludes halogenated alkanes) is 25. The Morgan fingerprint density at radius 1 is 0.467 bits per heavy atom. The van der Waals surface area contributed by atoms with Crippen molar-refractivity contribution in [2.24, 2.45) is 0 Å². The third-order valence-electron chi connectivity index (χ3n) is 13.8.